The number of nitrogens with zero attached hydrogens (tertiary/aromatic N) is 2. The molecule has 0 fully saturated rings. The molecule has 23 heavy (non-hydrogen) atoms. The highest BCUT2D eigenvalue weighted by Crippen LogP contribution is 2.28. The summed E-state index contributed by atoms with van der Waals surface area (Å²) >= 11 is 0. The Morgan fingerprint density at radius 2 is 1.91 bits per heavy atom. The number of sulfonamides is 1. The summed E-state index contributed by atoms with van der Waals surface area (Å²) in [4.78, 5) is 11.0. The number of aliphatic carboxylic acids is 1. The monoisotopic (exact) mass is 338 g/mol. The lowest BCUT2D eigenvalue weighted by Gasteiger charge is -2.25. The summed E-state index contributed by atoms with van der Waals surface area (Å²) in [5.74, 6) is -0.988. The Hall–Kier alpha value is -2.55. The molecule has 0 saturated carbocycles. The SMILES string of the molecule is COc1ccc(N(CC(=O)[O-])S(=O)(=O)c2c(C)n[nH]c2C)cc1. The molecule has 0 atom stereocenters. The third kappa shape index (κ3) is 3.29. The molecule has 0 aliphatic rings. The molecular weight excluding hydrogens is 322 g/mol. The van der Waals surface area contributed by atoms with Gasteiger partial charge in [-0.2, -0.15) is 5.10 Å². The number of rotatable bonds is 6. The van der Waals surface area contributed by atoms with E-state index in [0.717, 1.165) is 4.31 Å². The molecule has 0 saturated heterocycles. The molecule has 1 heterocycles. The molecule has 1 aromatic carbocycles. The number of nitrogens with one attached hydrogen (secondary N) is 1. The summed E-state index contributed by atoms with van der Waals surface area (Å²) in [5, 5.41) is 17.5. The summed E-state index contributed by atoms with van der Waals surface area (Å²) in [5.41, 5.74) is 0.786. The van der Waals surface area contributed by atoms with E-state index >= 15 is 0 Å². The predicted molar refractivity (Wildman–Crippen MR) is 80.6 cm³/mol. The Morgan fingerprint density at radius 3 is 2.35 bits per heavy atom. The minimum absolute atomic E-state index is 0.0467. The highest BCUT2D eigenvalue weighted by atomic mass is 32.2. The van der Waals surface area contributed by atoms with Crippen LogP contribution in [0, 0.1) is 13.8 Å². The minimum atomic E-state index is -4.11. The van der Waals surface area contributed by atoms with Crippen LogP contribution < -0.4 is 14.1 Å². The van der Waals surface area contributed by atoms with Crippen molar-refractivity contribution in [3.05, 3.63) is 35.7 Å². The zero-order chi connectivity index (χ0) is 17.2. The number of carbonyl (C=O) groups excluding carboxylic acids is 1. The largest absolute Gasteiger partial charge is 0.548 e. The van der Waals surface area contributed by atoms with Crippen LogP contribution in [-0.2, 0) is 14.8 Å². The molecule has 0 bridgehead atoms. The Labute approximate surface area is 133 Å². The Morgan fingerprint density at radius 1 is 1.30 bits per heavy atom. The van der Waals surface area contributed by atoms with Crippen molar-refractivity contribution in [2.75, 3.05) is 18.0 Å². The predicted octanol–water partition coefficient (Wildman–Crippen LogP) is -0.0197. The number of hydrogen-bond acceptors (Lipinski definition) is 6. The van der Waals surface area contributed by atoms with Crippen molar-refractivity contribution in [1.82, 2.24) is 10.2 Å². The van der Waals surface area contributed by atoms with Gasteiger partial charge in [-0.15, -0.1) is 0 Å². The first-order chi connectivity index (χ1) is 10.8. The Bertz CT molecular complexity index is 792. The van der Waals surface area contributed by atoms with Crippen molar-refractivity contribution in [3.63, 3.8) is 0 Å². The lowest BCUT2D eigenvalue weighted by Crippen LogP contribution is -2.42. The molecule has 0 spiro atoms. The van der Waals surface area contributed by atoms with Gasteiger partial charge in [0.2, 0.25) is 0 Å². The van der Waals surface area contributed by atoms with Crippen LogP contribution in [0.3, 0.4) is 0 Å². The number of benzene rings is 1. The molecule has 8 nitrogen and oxygen atoms in total. The van der Waals surface area contributed by atoms with Gasteiger partial charge >= 0.3 is 0 Å². The maximum Gasteiger partial charge on any atom is 0.268 e. The lowest BCUT2D eigenvalue weighted by molar-refractivity contribution is -0.303. The quantitative estimate of drug-likeness (QED) is 0.791. The van der Waals surface area contributed by atoms with Gasteiger partial charge in [0.15, 0.2) is 0 Å². The third-order valence-electron chi connectivity index (χ3n) is 3.24. The number of aryl methyl sites for hydroxylation is 2. The van der Waals surface area contributed by atoms with Crippen molar-refractivity contribution < 1.29 is 23.1 Å². The number of aromatic amines is 1. The van der Waals surface area contributed by atoms with Crippen LogP contribution in [0.25, 0.3) is 0 Å². The van der Waals surface area contributed by atoms with Crippen LogP contribution in [0.2, 0.25) is 0 Å². The summed E-state index contributed by atoms with van der Waals surface area (Å²) < 4.78 is 31.5. The van der Waals surface area contributed by atoms with E-state index in [1.54, 1.807) is 19.1 Å². The van der Waals surface area contributed by atoms with Crippen molar-refractivity contribution in [3.8, 4) is 5.75 Å². The van der Waals surface area contributed by atoms with Crippen LogP contribution in [0.4, 0.5) is 5.69 Å². The van der Waals surface area contributed by atoms with E-state index in [1.165, 1.54) is 26.2 Å². The van der Waals surface area contributed by atoms with Crippen LogP contribution in [-0.4, -0.2) is 38.2 Å². The minimum Gasteiger partial charge on any atom is -0.548 e. The molecule has 0 amide bonds. The molecule has 124 valence electrons. The number of aromatic nitrogens is 2. The topological polar surface area (TPSA) is 115 Å². The molecular formula is C14H16N3O5S-. The highest BCUT2D eigenvalue weighted by molar-refractivity contribution is 7.93. The Balaban J connectivity index is 2.55. The first-order valence-corrected chi connectivity index (χ1v) is 8.09. The van der Waals surface area contributed by atoms with Crippen molar-refractivity contribution >= 4 is 21.7 Å². The fraction of sp³-hybridized carbons (Fsp3) is 0.286. The number of carboxylic acid groups (broad SMARTS) is 1. The van der Waals surface area contributed by atoms with E-state index in [9.17, 15) is 18.3 Å². The number of methoxy groups -OCH3 is 1. The average molecular weight is 338 g/mol. The second kappa shape index (κ2) is 6.29. The van der Waals surface area contributed by atoms with Gasteiger partial charge < -0.3 is 14.6 Å². The lowest BCUT2D eigenvalue weighted by atomic mass is 10.3. The standard InChI is InChI=1S/C14H17N3O5S/c1-9-14(10(2)16-15-9)23(20,21)17(8-13(18)19)11-4-6-12(22-3)7-5-11/h4-7H,8H2,1-3H3,(H,15,16)(H,18,19)/p-1. The van der Waals surface area contributed by atoms with E-state index in [1.807, 2.05) is 0 Å². The van der Waals surface area contributed by atoms with E-state index in [4.69, 9.17) is 4.74 Å². The van der Waals surface area contributed by atoms with Gasteiger partial charge in [-0.05, 0) is 38.1 Å². The summed E-state index contributed by atoms with van der Waals surface area (Å²) in [6.45, 7) is 2.28. The second-order valence-corrected chi connectivity index (χ2v) is 6.64. The van der Waals surface area contributed by atoms with Gasteiger partial charge in [0.25, 0.3) is 10.0 Å². The molecule has 0 aliphatic heterocycles. The Kier molecular flexibility index (Phi) is 4.60. The van der Waals surface area contributed by atoms with E-state index < -0.39 is 22.5 Å². The molecule has 9 heteroatoms. The fourth-order valence-electron chi connectivity index (χ4n) is 2.21. The van der Waals surface area contributed by atoms with E-state index in [-0.39, 0.29) is 16.3 Å². The first kappa shape index (κ1) is 16.8. The van der Waals surface area contributed by atoms with Gasteiger partial charge in [-0.1, -0.05) is 0 Å². The highest BCUT2D eigenvalue weighted by Gasteiger charge is 2.30. The smallest absolute Gasteiger partial charge is 0.268 e. The molecule has 0 radical (unpaired) electrons. The molecule has 2 aromatic rings. The van der Waals surface area contributed by atoms with Crippen molar-refractivity contribution in [2.45, 2.75) is 18.7 Å². The average Bonchev–Trinajstić information content (AvgIpc) is 2.84. The molecule has 1 aromatic heterocycles. The zero-order valence-electron chi connectivity index (χ0n) is 12.9. The summed E-state index contributed by atoms with van der Waals surface area (Å²) in [6, 6.07) is 6.01. The molecule has 0 aliphatic carbocycles. The number of carbonyl (C=O) groups is 1. The second-order valence-electron chi connectivity index (χ2n) is 4.84. The number of hydrogen-bond donors (Lipinski definition) is 1. The maximum atomic E-state index is 12.9. The number of anilines is 1. The van der Waals surface area contributed by atoms with Crippen molar-refractivity contribution in [2.24, 2.45) is 0 Å². The molecule has 0 unspecified atom stereocenters. The van der Waals surface area contributed by atoms with Crippen LogP contribution in [0.5, 0.6) is 5.75 Å². The zero-order valence-corrected chi connectivity index (χ0v) is 13.7. The number of ether oxygens (including phenoxy) is 1. The summed E-state index contributed by atoms with van der Waals surface area (Å²) in [7, 11) is -2.63. The number of H-pyrrole nitrogens is 1. The van der Waals surface area contributed by atoms with Gasteiger partial charge in [0.1, 0.15) is 10.6 Å². The van der Waals surface area contributed by atoms with Gasteiger partial charge in [-0.25, -0.2) is 8.42 Å². The van der Waals surface area contributed by atoms with Crippen LogP contribution in [0.1, 0.15) is 11.4 Å². The maximum absolute atomic E-state index is 12.9. The van der Waals surface area contributed by atoms with Crippen LogP contribution in [0.15, 0.2) is 29.2 Å². The van der Waals surface area contributed by atoms with Gasteiger partial charge in [0.05, 0.1) is 36.7 Å². The third-order valence-corrected chi connectivity index (χ3v) is 5.28. The van der Waals surface area contributed by atoms with Crippen LogP contribution >= 0.6 is 0 Å². The fourth-order valence-corrected chi connectivity index (χ4v) is 3.96. The van der Waals surface area contributed by atoms with Gasteiger partial charge in [-0.3, -0.25) is 9.40 Å². The van der Waals surface area contributed by atoms with Crippen molar-refractivity contribution in [1.29, 1.82) is 0 Å². The number of carboxylic acids is 1. The normalized spacial score (nSPS) is 11.3. The van der Waals surface area contributed by atoms with E-state index in [0.29, 0.717) is 11.4 Å². The molecule has 1 N–H and O–H groups in total. The van der Waals surface area contributed by atoms with Gasteiger partial charge in [0, 0.05) is 0 Å². The summed E-state index contributed by atoms with van der Waals surface area (Å²) in [6.07, 6.45) is 0. The van der Waals surface area contributed by atoms with E-state index in [2.05, 4.69) is 10.2 Å². The molecule has 2 rings (SSSR count). The first-order valence-electron chi connectivity index (χ1n) is 6.65.